The molecular formula is C15H20N2O4S. The number of nitrogens with one attached hydrogen (secondary N) is 1. The normalized spacial score (nSPS) is 20.9. The molecular weight excluding hydrogens is 304 g/mol. The molecule has 1 N–H and O–H groups in total. The van der Waals surface area contributed by atoms with Gasteiger partial charge in [0.05, 0.1) is 24.0 Å². The second-order valence-electron chi connectivity index (χ2n) is 5.62. The number of anilines is 1. The first kappa shape index (κ1) is 15.3. The summed E-state index contributed by atoms with van der Waals surface area (Å²) in [7, 11) is -3.41. The van der Waals surface area contributed by atoms with Crippen molar-refractivity contribution in [1.29, 1.82) is 0 Å². The highest BCUT2D eigenvalue weighted by atomic mass is 32.2. The minimum Gasteiger partial charge on any atom is -0.381 e. The van der Waals surface area contributed by atoms with Crippen LogP contribution in [0.2, 0.25) is 0 Å². The van der Waals surface area contributed by atoms with Crippen LogP contribution < -0.4 is 9.62 Å². The predicted octanol–water partition coefficient (Wildman–Crippen LogP) is 0.532. The molecule has 1 saturated heterocycles. The fourth-order valence-electron chi connectivity index (χ4n) is 2.90. The van der Waals surface area contributed by atoms with Gasteiger partial charge < -0.3 is 10.1 Å². The molecule has 0 spiro atoms. The molecule has 1 fully saturated rings. The van der Waals surface area contributed by atoms with Crippen molar-refractivity contribution in [3.8, 4) is 0 Å². The Bertz CT molecular complexity index is 653. The first-order chi connectivity index (χ1) is 10.6. The third-order valence-electron chi connectivity index (χ3n) is 4.14. The third-order valence-corrected chi connectivity index (χ3v) is 5.91. The van der Waals surface area contributed by atoms with Gasteiger partial charge in [-0.15, -0.1) is 0 Å². The van der Waals surface area contributed by atoms with E-state index in [0.717, 1.165) is 17.7 Å². The Balaban J connectivity index is 1.57. The number of ether oxygens (including phenoxy) is 1. The maximum absolute atomic E-state index is 12.4. The van der Waals surface area contributed by atoms with Gasteiger partial charge in [-0.25, -0.2) is 8.42 Å². The van der Waals surface area contributed by atoms with E-state index in [-0.39, 0.29) is 24.1 Å². The summed E-state index contributed by atoms with van der Waals surface area (Å²) in [5.74, 6) is -0.342. The highest BCUT2D eigenvalue weighted by molar-refractivity contribution is 7.92. The molecule has 2 heterocycles. The van der Waals surface area contributed by atoms with Crippen molar-refractivity contribution in [3.63, 3.8) is 0 Å². The maximum Gasteiger partial charge on any atom is 0.236 e. The number of hydrogen-bond acceptors (Lipinski definition) is 4. The number of fused-ring (bicyclic) bond motifs is 1. The van der Waals surface area contributed by atoms with E-state index in [4.69, 9.17) is 4.74 Å². The molecule has 0 bridgehead atoms. The van der Waals surface area contributed by atoms with Crippen LogP contribution in [0.1, 0.15) is 12.0 Å². The average molecular weight is 324 g/mol. The molecule has 0 radical (unpaired) electrons. The van der Waals surface area contributed by atoms with Gasteiger partial charge in [0.25, 0.3) is 0 Å². The molecule has 1 aromatic rings. The summed E-state index contributed by atoms with van der Waals surface area (Å²) in [5, 5.41) is 2.70. The van der Waals surface area contributed by atoms with Crippen molar-refractivity contribution < 1.29 is 17.9 Å². The number of nitrogens with zero attached hydrogens (tertiary/aromatic N) is 1. The number of carbonyl (C=O) groups is 1. The Morgan fingerprint density at radius 1 is 1.36 bits per heavy atom. The van der Waals surface area contributed by atoms with Crippen molar-refractivity contribution in [2.45, 2.75) is 12.8 Å². The van der Waals surface area contributed by atoms with E-state index in [1.54, 1.807) is 0 Å². The first-order valence-electron chi connectivity index (χ1n) is 7.52. The Kier molecular flexibility index (Phi) is 4.35. The zero-order chi connectivity index (χ0) is 15.6. The van der Waals surface area contributed by atoms with Gasteiger partial charge in [-0.3, -0.25) is 9.10 Å². The standard InChI is InChI=1S/C15H20N2O4S/c18-15(13-6-9-21-11-13)16-7-10-22(19,20)17-8-5-12-3-1-2-4-14(12)17/h1-4,13H,5-11H2,(H,16,18). The lowest BCUT2D eigenvalue weighted by atomic mass is 10.1. The van der Waals surface area contributed by atoms with Crippen LogP contribution in [0.5, 0.6) is 0 Å². The summed E-state index contributed by atoms with van der Waals surface area (Å²) >= 11 is 0. The van der Waals surface area contributed by atoms with Crippen LogP contribution in [0.3, 0.4) is 0 Å². The molecule has 0 saturated carbocycles. The molecule has 0 aliphatic carbocycles. The quantitative estimate of drug-likeness (QED) is 0.857. The number of rotatable bonds is 5. The van der Waals surface area contributed by atoms with Gasteiger partial charge in [-0.1, -0.05) is 18.2 Å². The summed E-state index contributed by atoms with van der Waals surface area (Å²) < 4.78 is 31.5. The Hall–Kier alpha value is -1.60. The SMILES string of the molecule is O=C(NCCS(=O)(=O)N1CCc2ccccc21)C1CCOC1. The van der Waals surface area contributed by atoms with E-state index in [9.17, 15) is 13.2 Å². The topological polar surface area (TPSA) is 75.7 Å². The summed E-state index contributed by atoms with van der Waals surface area (Å²) in [5.41, 5.74) is 1.82. The Labute approximate surface area is 130 Å². The van der Waals surface area contributed by atoms with Crippen LogP contribution in [-0.4, -0.2) is 46.4 Å². The van der Waals surface area contributed by atoms with Gasteiger partial charge in [-0.2, -0.15) is 0 Å². The van der Waals surface area contributed by atoms with Crippen molar-refractivity contribution in [2.24, 2.45) is 5.92 Å². The zero-order valence-corrected chi connectivity index (χ0v) is 13.1. The fraction of sp³-hybridized carbons (Fsp3) is 0.533. The molecule has 0 aromatic heterocycles. The van der Waals surface area contributed by atoms with Crippen molar-refractivity contribution in [1.82, 2.24) is 5.32 Å². The van der Waals surface area contributed by atoms with E-state index in [0.29, 0.717) is 26.2 Å². The van der Waals surface area contributed by atoms with E-state index >= 15 is 0 Å². The van der Waals surface area contributed by atoms with Crippen LogP contribution in [-0.2, 0) is 26.0 Å². The molecule has 2 aliphatic rings. The van der Waals surface area contributed by atoms with Crippen LogP contribution in [0.15, 0.2) is 24.3 Å². The molecule has 1 amide bonds. The van der Waals surface area contributed by atoms with E-state index in [1.165, 1.54) is 4.31 Å². The van der Waals surface area contributed by atoms with Crippen molar-refractivity contribution in [2.75, 3.05) is 36.4 Å². The van der Waals surface area contributed by atoms with Gasteiger partial charge in [0.1, 0.15) is 0 Å². The second-order valence-corrected chi connectivity index (χ2v) is 7.63. The molecule has 22 heavy (non-hydrogen) atoms. The highest BCUT2D eigenvalue weighted by Gasteiger charge is 2.29. The van der Waals surface area contributed by atoms with E-state index in [1.807, 2.05) is 24.3 Å². The predicted molar refractivity (Wildman–Crippen MR) is 83.2 cm³/mol. The average Bonchev–Trinajstić information content (AvgIpc) is 3.16. The van der Waals surface area contributed by atoms with Crippen LogP contribution >= 0.6 is 0 Å². The smallest absolute Gasteiger partial charge is 0.236 e. The minimum atomic E-state index is -3.41. The molecule has 120 valence electrons. The first-order valence-corrected chi connectivity index (χ1v) is 9.12. The largest absolute Gasteiger partial charge is 0.381 e. The number of hydrogen-bond donors (Lipinski definition) is 1. The van der Waals surface area contributed by atoms with Crippen LogP contribution in [0.25, 0.3) is 0 Å². The number of benzene rings is 1. The summed E-state index contributed by atoms with van der Waals surface area (Å²) in [6.45, 7) is 1.64. The molecule has 1 aromatic carbocycles. The summed E-state index contributed by atoms with van der Waals surface area (Å²) in [6, 6.07) is 7.54. The molecule has 7 heteroatoms. The van der Waals surface area contributed by atoms with Crippen LogP contribution in [0, 0.1) is 5.92 Å². The number of amides is 1. The lowest BCUT2D eigenvalue weighted by Gasteiger charge is -2.19. The number of sulfonamides is 1. The minimum absolute atomic E-state index is 0.0827. The lowest BCUT2D eigenvalue weighted by molar-refractivity contribution is -0.124. The molecule has 2 aliphatic heterocycles. The molecule has 1 atom stereocenters. The van der Waals surface area contributed by atoms with Gasteiger partial charge in [0, 0.05) is 19.7 Å². The monoisotopic (exact) mass is 324 g/mol. The van der Waals surface area contributed by atoms with E-state index < -0.39 is 10.0 Å². The molecule has 6 nitrogen and oxygen atoms in total. The number of carbonyl (C=O) groups excluding carboxylic acids is 1. The zero-order valence-electron chi connectivity index (χ0n) is 12.3. The summed E-state index contributed by atoms with van der Waals surface area (Å²) in [6.07, 6.45) is 1.44. The van der Waals surface area contributed by atoms with Gasteiger partial charge >= 0.3 is 0 Å². The number of para-hydroxylation sites is 1. The van der Waals surface area contributed by atoms with Crippen LogP contribution in [0.4, 0.5) is 5.69 Å². The second kappa shape index (κ2) is 6.26. The van der Waals surface area contributed by atoms with Crippen molar-refractivity contribution in [3.05, 3.63) is 29.8 Å². The summed E-state index contributed by atoms with van der Waals surface area (Å²) in [4.78, 5) is 11.9. The Morgan fingerprint density at radius 2 is 2.18 bits per heavy atom. The van der Waals surface area contributed by atoms with Gasteiger partial charge in [0.2, 0.25) is 15.9 Å². The fourth-order valence-corrected chi connectivity index (χ4v) is 4.32. The highest BCUT2D eigenvalue weighted by Crippen LogP contribution is 2.29. The molecule has 3 rings (SSSR count). The van der Waals surface area contributed by atoms with Gasteiger partial charge in [0.15, 0.2) is 0 Å². The molecule has 1 unspecified atom stereocenters. The van der Waals surface area contributed by atoms with E-state index in [2.05, 4.69) is 5.32 Å². The van der Waals surface area contributed by atoms with Gasteiger partial charge in [-0.05, 0) is 24.5 Å². The van der Waals surface area contributed by atoms with Crippen molar-refractivity contribution >= 4 is 21.6 Å². The lowest BCUT2D eigenvalue weighted by Crippen LogP contribution is -2.39. The maximum atomic E-state index is 12.4. The Morgan fingerprint density at radius 3 is 2.95 bits per heavy atom. The third kappa shape index (κ3) is 3.10.